The number of nitrogens with zero attached hydrogens (tertiary/aromatic N) is 3. The van der Waals surface area contributed by atoms with Gasteiger partial charge in [0.1, 0.15) is 12.6 Å². The molecule has 7 nitrogen and oxygen atoms in total. The molecule has 0 atom stereocenters. The van der Waals surface area contributed by atoms with Gasteiger partial charge in [0, 0.05) is 30.1 Å². The Kier molecular flexibility index (Phi) is 5.10. The van der Waals surface area contributed by atoms with E-state index < -0.39 is 11.7 Å². The highest BCUT2D eigenvalue weighted by molar-refractivity contribution is 5.92. The van der Waals surface area contributed by atoms with Crippen molar-refractivity contribution < 1.29 is 18.5 Å². The summed E-state index contributed by atoms with van der Waals surface area (Å²) >= 11 is 0. The number of hydrogen-bond donors (Lipinski definition) is 1. The smallest absolute Gasteiger partial charge is 0.254 e. The maximum Gasteiger partial charge on any atom is 0.254 e. The molecule has 22 heavy (non-hydrogen) atoms. The maximum absolute atomic E-state index is 13.6. The average molecular weight is 305 g/mol. The Bertz CT molecular complexity index is 653. The first kappa shape index (κ1) is 15.5. The second-order valence-electron chi connectivity index (χ2n) is 4.42. The summed E-state index contributed by atoms with van der Waals surface area (Å²) in [6.07, 6.45) is 8.41. The predicted octanol–water partition coefficient (Wildman–Crippen LogP) is 1.30. The summed E-state index contributed by atoms with van der Waals surface area (Å²) in [5.41, 5.74) is 5.66. The third-order valence-electron chi connectivity index (χ3n) is 2.85. The summed E-state index contributed by atoms with van der Waals surface area (Å²) in [7, 11) is 0. The van der Waals surface area contributed by atoms with Gasteiger partial charge in [-0.15, -0.1) is 4.91 Å². The Morgan fingerprint density at radius 2 is 2.18 bits per heavy atom. The largest absolute Gasteiger partial charge is 0.366 e. The van der Waals surface area contributed by atoms with Crippen LogP contribution in [-0.4, -0.2) is 17.5 Å². The highest BCUT2D eigenvalue weighted by Gasteiger charge is 2.11. The highest BCUT2D eigenvalue weighted by atomic mass is 19.1. The van der Waals surface area contributed by atoms with Crippen LogP contribution in [0.15, 0.2) is 65.8 Å². The number of halogens is 1. The lowest BCUT2D eigenvalue weighted by Gasteiger charge is -2.18. The van der Waals surface area contributed by atoms with Crippen LogP contribution >= 0.6 is 0 Å². The molecule has 1 aromatic heterocycles. The number of carbonyl (C=O) groups excluding carboxylic acids is 1. The molecule has 1 aromatic rings. The van der Waals surface area contributed by atoms with E-state index in [4.69, 9.17) is 10.5 Å². The minimum absolute atomic E-state index is 0.114. The van der Waals surface area contributed by atoms with E-state index in [-0.39, 0.29) is 19.0 Å². The molecule has 1 aliphatic rings. The molecule has 0 unspecified atom stereocenters. The van der Waals surface area contributed by atoms with Crippen LogP contribution in [0, 0.1) is 4.91 Å². The van der Waals surface area contributed by atoms with Crippen LogP contribution in [0.1, 0.15) is 10.4 Å². The first-order valence-corrected chi connectivity index (χ1v) is 6.31. The molecule has 0 saturated heterocycles. The number of primary amides is 1. The van der Waals surface area contributed by atoms with Crippen LogP contribution in [0.4, 0.5) is 4.39 Å². The Morgan fingerprint density at radius 1 is 1.45 bits per heavy atom. The van der Waals surface area contributed by atoms with E-state index in [0.29, 0.717) is 5.56 Å². The SMILES string of the molecule is NC(=O)c1cc[n+](COCN2C=C/C(=C\N=O)C(F)=C2)cc1. The Morgan fingerprint density at radius 3 is 2.77 bits per heavy atom. The van der Waals surface area contributed by atoms with Gasteiger partial charge in [0.2, 0.25) is 5.91 Å². The van der Waals surface area contributed by atoms with Gasteiger partial charge in [-0.1, -0.05) is 0 Å². The molecule has 114 valence electrons. The van der Waals surface area contributed by atoms with Crippen molar-refractivity contribution in [2.75, 3.05) is 6.73 Å². The van der Waals surface area contributed by atoms with E-state index in [2.05, 4.69) is 5.18 Å². The number of amides is 1. The van der Waals surface area contributed by atoms with E-state index in [1.165, 1.54) is 17.2 Å². The van der Waals surface area contributed by atoms with Crippen molar-refractivity contribution >= 4 is 5.91 Å². The van der Waals surface area contributed by atoms with Crippen molar-refractivity contribution in [1.82, 2.24) is 4.90 Å². The highest BCUT2D eigenvalue weighted by Crippen LogP contribution is 2.19. The number of carbonyl (C=O) groups is 1. The standard InChI is InChI=1S/C14H13FN4O3/c15-13-8-19(6-3-12(13)7-17-21)10-22-9-18-4-1-11(2-5-18)14(16)20/h1-8H,9-10H2,(H-,16,20)/p+1/b12-7+. The molecule has 0 aliphatic carbocycles. The molecule has 0 bridgehead atoms. The number of nitrogens with two attached hydrogens (primary N) is 1. The van der Waals surface area contributed by atoms with Crippen molar-refractivity contribution in [3.8, 4) is 0 Å². The fourth-order valence-electron chi connectivity index (χ4n) is 1.72. The van der Waals surface area contributed by atoms with E-state index in [0.717, 1.165) is 6.20 Å². The zero-order valence-corrected chi connectivity index (χ0v) is 11.6. The van der Waals surface area contributed by atoms with Gasteiger partial charge < -0.3 is 15.4 Å². The lowest BCUT2D eigenvalue weighted by Crippen LogP contribution is -2.36. The first-order valence-electron chi connectivity index (χ1n) is 6.31. The van der Waals surface area contributed by atoms with Gasteiger partial charge in [0.25, 0.3) is 6.73 Å². The number of nitroso groups, excluding NO2 is 1. The van der Waals surface area contributed by atoms with Crippen molar-refractivity contribution in [2.45, 2.75) is 6.73 Å². The van der Waals surface area contributed by atoms with Gasteiger partial charge in [-0.25, -0.2) is 4.39 Å². The maximum atomic E-state index is 13.6. The first-order chi connectivity index (χ1) is 10.6. The normalized spacial score (nSPS) is 15.8. The Balaban J connectivity index is 1.84. The lowest BCUT2D eigenvalue weighted by atomic mass is 10.2. The minimum Gasteiger partial charge on any atom is -0.366 e. The van der Waals surface area contributed by atoms with Gasteiger partial charge >= 0.3 is 0 Å². The molecular formula is C14H14FN4O3+. The van der Waals surface area contributed by atoms with Crippen molar-refractivity contribution in [2.24, 2.45) is 10.9 Å². The zero-order chi connectivity index (χ0) is 15.9. The summed E-state index contributed by atoms with van der Waals surface area (Å²) in [6, 6.07) is 3.16. The molecular weight excluding hydrogens is 291 g/mol. The number of hydrogen-bond acceptors (Lipinski definition) is 5. The number of rotatable bonds is 6. The summed E-state index contributed by atoms with van der Waals surface area (Å²) in [5, 5.41) is 2.53. The number of allylic oxidation sites excluding steroid dienone is 3. The molecule has 8 heteroatoms. The van der Waals surface area contributed by atoms with Crippen LogP contribution in [0.3, 0.4) is 0 Å². The second-order valence-corrected chi connectivity index (χ2v) is 4.42. The van der Waals surface area contributed by atoms with Crippen LogP contribution in [0.5, 0.6) is 0 Å². The summed E-state index contributed by atoms with van der Waals surface area (Å²) in [5.74, 6) is -1.06. The molecule has 0 aromatic carbocycles. The average Bonchev–Trinajstić information content (AvgIpc) is 2.50. The van der Waals surface area contributed by atoms with Gasteiger partial charge in [-0.3, -0.25) is 4.79 Å². The molecule has 0 fully saturated rings. The van der Waals surface area contributed by atoms with E-state index >= 15 is 0 Å². The van der Waals surface area contributed by atoms with E-state index in [9.17, 15) is 14.1 Å². The van der Waals surface area contributed by atoms with Crippen LogP contribution < -0.4 is 10.3 Å². The Labute approximate surface area is 125 Å². The molecule has 2 rings (SSSR count). The van der Waals surface area contributed by atoms with Crippen molar-refractivity contribution in [3.05, 3.63) is 71.1 Å². The quantitative estimate of drug-likeness (QED) is 0.633. The molecule has 0 radical (unpaired) electrons. The Hall–Kier alpha value is -2.87. The van der Waals surface area contributed by atoms with Gasteiger partial charge in [0.05, 0.1) is 11.8 Å². The number of pyridine rings is 1. The van der Waals surface area contributed by atoms with Crippen LogP contribution in [-0.2, 0) is 11.5 Å². The molecule has 2 heterocycles. The second kappa shape index (κ2) is 7.23. The topological polar surface area (TPSA) is 88.9 Å². The van der Waals surface area contributed by atoms with Crippen molar-refractivity contribution in [3.63, 3.8) is 0 Å². The molecule has 1 aliphatic heterocycles. The minimum atomic E-state index is -0.566. The van der Waals surface area contributed by atoms with E-state index in [1.54, 1.807) is 35.3 Å². The fraction of sp³-hybridized carbons (Fsp3) is 0.143. The summed E-state index contributed by atoms with van der Waals surface area (Å²) in [6.45, 7) is 0.341. The zero-order valence-electron chi connectivity index (χ0n) is 11.6. The number of ether oxygens (including phenoxy) is 1. The van der Waals surface area contributed by atoms with Gasteiger partial charge in [0.15, 0.2) is 12.4 Å². The van der Waals surface area contributed by atoms with Crippen LogP contribution in [0.25, 0.3) is 0 Å². The number of aromatic nitrogens is 1. The fourth-order valence-corrected chi connectivity index (χ4v) is 1.72. The summed E-state index contributed by atoms with van der Waals surface area (Å²) in [4.78, 5) is 22.5. The molecule has 0 saturated carbocycles. The third kappa shape index (κ3) is 4.06. The van der Waals surface area contributed by atoms with E-state index in [1.807, 2.05) is 0 Å². The van der Waals surface area contributed by atoms with Gasteiger partial charge in [-0.05, 0) is 11.3 Å². The molecule has 1 amide bonds. The lowest BCUT2D eigenvalue weighted by molar-refractivity contribution is -0.733. The summed E-state index contributed by atoms with van der Waals surface area (Å²) < 4.78 is 20.7. The monoisotopic (exact) mass is 305 g/mol. The van der Waals surface area contributed by atoms with Gasteiger partial charge in [-0.2, -0.15) is 4.57 Å². The predicted molar refractivity (Wildman–Crippen MR) is 75.2 cm³/mol. The molecule has 0 spiro atoms. The molecule has 2 N–H and O–H groups in total. The van der Waals surface area contributed by atoms with Crippen LogP contribution in [0.2, 0.25) is 0 Å². The third-order valence-corrected chi connectivity index (χ3v) is 2.85. The van der Waals surface area contributed by atoms with Crippen molar-refractivity contribution in [1.29, 1.82) is 0 Å².